The first-order chi connectivity index (χ1) is 27.7. The molecular weight excluding hydrogens is 679 g/mol. The molecule has 0 aliphatic heterocycles. The number of hydrogen-bond donors (Lipinski definition) is 0. The van der Waals surface area contributed by atoms with E-state index in [1.165, 1.54) is 54.9 Å². The van der Waals surface area contributed by atoms with Crippen LogP contribution in [0.1, 0.15) is 34.8 Å². The van der Waals surface area contributed by atoms with Gasteiger partial charge in [-0.3, -0.25) is 0 Å². The highest BCUT2D eigenvalue weighted by Crippen LogP contribution is 2.47. The normalized spacial score (nSPS) is 13.8. The fourth-order valence-electron chi connectivity index (χ4n) is 8.38. The molecular formula is C54H39NO. The average Bonchev–Trinajstić information content (AvgIpc) is 3.66. The smallest absolute Gasteiger partial charge is 0.142 e. The van der Waals surface area contributed by atoms with Crippen molar-refractivity contribution in [3.8, 4) is 22.3 Å². The molecule has 1 aliphatic carbocycles. The summed E-state index contributed by atoms with van der Waals surface area (Å²) >= 11 is 0. The van der Waals surface area contributed by atoms with Gasteiger partial charge in [-0.05, 0) is 98.4 Å². The van der Waals surface area contributed by atoms with Crippen molar-refractivity contribution in [2.75, 3.05) is 4.90 Å². The summed E-state index contributed by atoms with van der Waals surface area (Å²) in [5.41, 5.74) is 12.6. The molecule has 0 radical (unpaired) electrons. The van der Waals surface area contributed by atoms with E-state index < -0.39 is 0 Å². The van der Waals surface area contributed by atoms with Crippen LogP contribution in [0.2, 0.25) is 0 Å². The third kappa shape index (κ3) is 6.02. The minimum atomic E-state index is 0.0526. The predicted molar refractivity (Wildman–Crippen MR) is 238 cm³/mol. The Bertz CT molecular complexity index is 2960. The van der Waals surface area contributed by atoms with E-state index in [2.05, 4.69) is 206 Å². The van der Waals surface area contributed by atoms with Crippen molar-refractivity contribution in [2.24, 2.45) is 0 Å². The molecule has 0 saturated heterocycles. The number of fused-ring (bicyclic) bond motifs is 6. The Hall–Kier alpha value is -7.16. The Morgan fingerprint density at radius 1 is 0.554 bits per heavy atom. The molecule has 1 atom stereocenters. The SMILES string of the molecule is C=C/C=C\c1cccc(-c2ccc(-c3ccc(N(c4ccc5ccccc5c4)c4ccccc4C4CC=Cc5c4oc4c5ccc5ccccc54)cc3)cc2)c1. The topological polar surface area (TPSA) is 16.4 Å². The molecule has 9 aromatic rings. The summed E-state index contributed by atoms with van der Waals surface area (Å²) in [5.74, 6) is 1.08. The van der Waals surface area contributed by atoms with E-state index in [9.17, 15) is 0 Å². The van der Waals surface area contributed by atoms with Gasteiger partial charge in [-0.15, -0.1) is 0 Å². The second-order valence-corrected chi connectivity index (χ2v) is 14.5. The molecule has 8 aromatic carbocycles. The fraction of sp³-hybridized carbons (Fsp3) is 0.0370. The van der Waals surface area contributed by atoms with Gasteiger partial charge >= 0.3 is 0 Å². The average molecular weight is 718 g/mol. The van der Waals surface area contributed by atoms with Crippen LogP contribution < -0.4 is 4.90 Å². The van der Waals surface area contributed by atoms with Crippen LogP contribution in [0.25, 0.3) is 66.9 Å². The molecule has 1 unspecified atom stereocenters. The summed E-state index contributed by atoms with van der Waals surface area (Å²) in [4.78, 5) is 2.42. The maximum atomic E-state index is 6.92. The van der Waals surface area contributed by atoms with Crippen molar-refractivity contribution in [1.29, 1.82) is 0 Å². The summed E-state index contributed by atoms with van der Waals surface area (Å²) in [5, 5.41) is 5.94. The van der Waals surface area contributed by atoms with Crippen molar-refractivity contribution >= 4 is 61.7 Å². The number of para-hydroxylation sites is 1. The highest BCUT2D eigenvalue weighted by molar-refractivity contribution is 6.07. The lowest BCUT2D eigenvalue weighted by Gasteiger charge is -2.30. The molecule has 2 heteroatoms. The van der Waals surface area contributed by atoms with Gasteiger partial charge in [0.25, 0.3) is 0 Å². The van der Waals surface area contributed by atoms with Crippen molar-refractivity contribution in [3.05, 3.63) is 223 Å². The van der Waals surface area contributed by atoms with Crippen LogP contribution in [0.5, 0.6) is 0 Å². The van der Waals surface area contributed by atoms with Crippen molar-refractivity contribution in [3.63, 3.8) is 0 Å². The van der Waals surface area contributed by atoms with Gasteiger partial charge in [0, 0.05) is 33.6 Å². The highest BCUT2D eigenvalue weighted by atomic mass is 16.3. The zero-order valence-electron chi connectivity index (χ0n) is 31.0. The first kappa shape index (κ1) is 33.4. The minimum Gasteiger partial charge on any atom is -0.459 e. The van der Waals surface area contributed by atoms with Gasteiger partial charge in [0.2, 0.25) is 0 Å². The van der Waals surface area contributed by atoms with Crippen LogP contribution in [0, 0.1) is 0 Å². The number of anilines is 3. The molecule has 0 N–H and O–H groups in total. The van der Waals surface area contributed by atoms with Crippen molar-refractivity contribution in [1.82, 2.24) is 0 Å². The molecule has 0 amide bonds. The lowest BCUT2D eigenvalue weighted by Crippen LogP contribution is -2.15. The van der Waals surface area contributed by atoms with Gasteiger partial charge in [0.1, 0.15) is 11.3 Å². The van der Waals surface area contributed by atoms with Crippen LogP contribution in [-0.4, -0.2) is 0 Å². The predicted octanol–water partition coefficient (Wildman–Crippen LogP) is 15.3. The standard InChI is InChI=1S/C54H39NO/c1-2-3-12-37-13-10-17-43(35-37)41-25-23-39(24-26-41)40-27-31-45(32-28-40)55(46-33-29-38-14-4-5-16-44(38)36-46)52-22-9-8-19-48(52)49-20-11-21-50-51-34-30-42-15-6-7-18-47(42)53(51)56-54(49)50/h2-19,21-36,49H,1,20H2/b12-3-. The van der Waals surface area contributed by atoms with E-state index in [4.69, 9.17) is 4.42 Å². The number of hydrogen-bond acceptors (Lipinski definition) is 2. The molecule has 1 aliphatic rings. The van der Waals surface area contributed by atoms with Gasteiger partial charge < -0.3 is 9.32 Å². The Morgan fingerprint density at radius 3 is 2.05 bits per heavy atom. The monoisotopic (exact) mass is 717 g/mol. The molecule has 1 aromatic heterocycles. The maximum absolute atomic E-state index is 6.92. The summed E-state index contributed by atoms with van der Waals surface area (Å²) in [7, 11) is 0. The summed E-state index contributed by atoms with van der Waals surface area (Å²) in [6.07, 6.45) is 11.3. The largest absolute Gasteiger partial charge is 0.459 e. The first-order valence-electron chi connectivity index (χ1n) is 19.3. The third-order valence-corrected chi connectivity index (χ3v) is 11.2. The fourth-order valence-corrected chi connectivity index (χ4v) is 8.38. The maximum Gasteiger partial charge on any atom is 0.142 e. The zero-order valence-corrected chi connectivity index (χ0v) is 31.0. The quantitative estimate of drug-likeness (QED) is 0.146. The van der Waals surface area contributed by atoms with E-state index in [0.29, 0.717) is 0 Å². The molecule has 10 rings (SSSR count). The van der Waals surface area contributed by atoms with E-state index in [1.807, 2.05) is 6.08 Å². The highest BCUT2D eigenvalue weighted by Gasteiger charge is 2.29. The van der Waals surface area contributed by atoms with Gasteiger partial charge in [-0.2, -0.15) is 0 Å². The Labute approximate surface area is 327 Å². The van der Waals surface area contributed by atoms with Gasteiger partial charge in [0.05, 0.1) is 5.69 Å². The van der Waals surface area contributed by atoms with E-state index in [0.717, 1.165) is 45.8 Å². The van der Waals surface area contributed by atoms with Crippen LogP contribution in [0.3, 0.4) is 0 Å². The van der Waals surface area contributed by atoms with Crippen LogP contribution in [0.15, 0.2) is 205 Å². The number of allylic oxidation sites excluding steroid dienone is 3. The number of benzene rings is 8. The molecule has 1 heterocycles. The third-order valence-electron chi connectivity index (χ3n) is 11.2. The van der Waals surface area contributed by atoms with Crippen LogP contribution >= 0.6 is 0 Å². The second kappa shape index (κ2) is 14.2. The summed E-state index contributed by atoms with van der Waals surface area (Å²) < 4.78 is 6.92. The second-order valence-electron chi connectivity index (χ2n) is 14.5. The Balaban J connectivity index is 1.05. The first-order valence-corrected chi connectivity index (χ1v) is 19.3. The molecule has 0 spiro atoms. The molecule has 266 valence electrons. The van der Waals surface area contributed by atoms with E-state index in [1.54, 1.807) is 6.08 Å². The molecule has 0 saturated carbocycles. The molecule has 0 bridgehead atoms. The van der Waals surface area contributed by atoms with E-state index >= 15 is 0 Å². The summed E-state index contributed by atoms with van der Waals surface area (Å²) in [6, 6.07) is 63.6. The molecule has 2 nitrogen and oxygen atoms in total. The van der Waals surface area contributed by atoms with Gasteiger partial charge in [0.15, 0.2) is 0 Å². The lowest BCUT2D eigenvalue weighted by atomic mass is 9.85. The number of furan rings is 1. The van der Waals surface area contributed by atoms with Crippen LogP contribution in [0.4, 0.5) is 17.1 Å². The Morgan fingerprint density at radius 2 is 1.23 bits per heavy atom. The van der Waals surface area contributed by atoms with Crippen LogP contribution in [-0.2, 0) is 0 Å². The lowest BCUT2D eigenvalue weighted by molar-refractivity contribution is 0.519. The van der Waals surface area contributed by atoms with E-state index in [-0.39, 0.29) is 5.92 Å². The summed E-state index contributed by atoms with van der Waals surface area (Å²) in [6.45, 7) is 3.80. The number of rotatable bonds is 8. The van der Waals surface area contributed by atoms with Gasteiger partial charge in [-0.25, -0.2) is 0 Å². The minimum absolute atomic E-state index is 0.0526. The van der Waals surface area contributed by atoms with Crippen molar-refractivity contribution < 1.29 is 4.42 Å². The Kier molecular flexibility index (Phi) is 8.50. The number of nitrogens with zero attached hydrogens (tertiary/aromatic N) is 1. The molecule has 0 fully saturated rings. The molecule has 56 heavy (non-hydrogen) atoms. The van der Waals surface area contributed by atoms with Crippen molar-refractivity contribution in [2.45, 2.75) is 12.3 Å². The zero-order chi connectivity index (χ0) is 37.4. The van der Waals surface area contributed by atoms with Gasteiger partial charge in [-0.1, -0.05) is 170 Å².